The molecule has 110 valence electrons. The van der Waals surface area contributed by atoms with E-state index in [1.54, 1.807) is 0 Å². The first-order valence-corrected chi connectivity index (χ1v) is 7.52. The Morgan fingerprint density at radius 3 is 2.05 bits per heavy atom. The summed E-state index contributed by atoms with van der Waals surface area (Å²) in [6.45, 7) is 6.23. The Morgan fingerprint density at radius 2 is 1.58 bits per heavy atom. The van der Waals surface area contributed by atoms with Gasteiger partial charge in [0.15, 0.2) is 0 Å². The summed E-state index contributed by atoms with van der Waals surface area (Å²) < 4.78 is 0. The third-order valence-electron chi connectivity index (χ3n) is 4.71. The van der Waals surface area contributed by atoms with E-state index in [1.165, 1.54) is 12.8 Å². The summed E-state index contributed by atoms with van der Waals surface area (Å²) in [6, 6.07) is 0. The van der Waals surface area contributed by atoms with E-state index in [1.807, 2.05) is 4.90 Å². The third kappa shape index (κ3) is 4.84. The highest BCUT2D eigenvalue weighted by molar-refractivity contribution is 5.76. The van der Waals surface area contributed by atoms with E-state index in [9.17, 15) is 9.59 Å². The highest BCUT2D eigenvalue weighted by Crippen LogP contribution is 2.37. The Bertz CT molecular complexity index is 301. The van der Waals surface area contributed by atoms with E-state index in [0.717, 1.165) is 25.9 Å². The number of hydrogen-bond donors (Lipinski definition) is 1. The number of rotatable bonds is 7. The monoisotopic (exact) mass is 269 g/mol. The van der Waals surface area contributed by atoms with Crippen molar-refractivity contribution in [3.63, 3.8) is 0 Å². The largest absolute Gasteiger partial charge is 0.481 e. The number of carbonyl (C=O) groups is 2. The molecule has 0 aromatic heterocycles. The molecule has 4 nitrogen and oxygen atoms in total. The van der Waals surface area contributed by atoms with Crippen molar-refractivity contribution in [2.75, 3.05) is 13.1 Å². The molecule has 0 aromatic carbocycles. The molecule has 4 heteroatoms. The maximum Gasteiger partial charge on any atom is 0.303 e. The Morgan fingerprint density at radius 1 is 1.05 bits per heavy atom. The Balaban J connectivity index is 2.27. The first-order valence-electron chi connectivity index (χ1n) is 7.52. The second-order valence-corrected chi connectivity index (χ2v) is 5.69. The highest BCUT2D eigenvalue weighted by Gasteiger charge is 2.32. The second kappa shape index (κ2) is 7.51. The minimum Gasteiger partial charge on any atom is -0.481 e. The number of piperidine rings is 1. The smallest absolute Gasteiger partial charge is 0.303 e. The summed E-state index contributed by atoms with van der Waals surface area (Å²) in [6.07, 6.45) is 6.58. The number of carbonyl (C=O) groups excluding carboxylic acids is 1. The molecule has 1 rings (SSSR count). The highest BCUT2D eigenvalue weighted by atomic mass is 16.4. The third-order valence-corrected chi connectivity index (χ3v) is 4.71. The van der Waals surface area contributed by atoms with Gasteiger partial charge in [0.05, 0.1) is 0 Å². The molecule has 1 N–H and O–H groups in total. The van der Waals surface area contributed by atoms with Crippen LogP contribution in [0.2, 0.25) is 0 Å². The molecule has 0 atom stereocenters. The average molecular weight is 269 g/mol. The van der Waals surface area contributed by atoms with Crippen molar-refractivity contribution in [1.82, 2.24) is 4.90 Å². The molecule has 1 aliphatic rings. The number of likely N-dealkylation sites (tertiary alicyclic amines) is 1. The fraction of sp³-hybridized carbons (Fsp3) is 0.867. The standard InChI is InChI=1S/C15H27NO3/c1-3-15(4-2)9-11-16(12-10-15)13(17)7-5-6-8-14(18)19/h3-12H2,1-2H3,(H,18,19). The molecular formula is C15H27NO3. The zero-order chi connectivity index (χ0) is 14.3. The van der Waals surface area contributed by atoms with E-state index in [4.69, 9.17) is 5.11 Å². The average Bonchev–Trinajstić information content (AvgIpc) is 2.43. The molecule has 0 unspecified atom stereocenters. The number of carboxylic acids is 1. The van der Waals surface area contributed by atoms with Crippen LogP contribution in [0.25, 0.3) is 0 Å². The molecule has 0 aliphatic carbocycles. The molecular weight excluding hydrogens is 242 g/mol. The number of hydrogen-bond acceptors (Lipinski definition) is 2. The minimum absolute atomic E-state index is 0.169. The van der Waals surface area contributed by atoms with Crippen LogP contribution in [-0.2, 0) is 9.59 Å². The zero-order valence-corrected chi connectivity index (χ0v) is 12.3. The summed E-state index contributed by atoms with van der Waals surface area (Å²) in [5.74, 6) is -0.577. The van der Waals surface area contributed by atoms with E-state index >= 15 is 0 Å². The van der Waals surface area contributed by atoms with Crippen molar-refractivity contribution in [2.45, 2.75) is 65.2 Å². The lowest BCUT2D eigenvalue weighted by atomic mass is 9.74. The van der Waals surface area contributed by atoms with Gasteiger partial charge in [0.25, 0.3) is 0 Å². The van der Waals surface area contributed by atoms with Gasteiger partial charge in [-0.2, -0.15) is 0 Å². The lowest BCUT2D eigenvalue weighted by Gasteiger charge is -2.41. The maximum absolute atomic E-state index is 12.0. The van der Waals surface area contributed by atoms with Gasteiger partial charge in [0, 0.05) is 25.9 Å². The number of aliphatic carboxylic acids is 1. The normalized spacial score (nSPS) is 18.3. The van der Waals surface area contributed by atoms with Gasteiger partial charge < -0.3 is 10.0 Å². The van der Waals surface area contributed by atoms with Gasteiger partial charge >= 0.3 is 5.97 Å². The van der Waals surface area contributed by atoms with Gasteiger partial charge in [-0.05, 0) is 31.1 Å². The van der Waals surface area contributed by atoms with Gasteiger partial charge in [-0.1, -0.05) is 26.7 Å². The van der Waals surface area contributed by atoms with Gasteiger partial charge in [0.1, 0.15) is 0 Å². The minimum atomic E-state index is -0.777. The topological polar surface area (TPSA) is 57.6 Å². The van der Waals surface area contributed by atoms with E-state index < -0.39 is 5.97 Å². The molecule has 1 saturated heterocycles. The van der Waals surface area contributed by atoms with E-state index in [0.29, 0.717) is 24.7 Å². The molecule has 1 aliphatic heterocycles. The van der Waals surface area contributed by atoms with E-state index in [2.05, 4.69) is 13.8 Å². The van der Waals surface area contributed by atoms with Crippen LogP contribution in [0.4, 0.5) is 0 Å². The van der Waals surface area contributed by atoms with E-state index in [-0.39, 0.29) is 12.3 Å². The summed E-state index contributed by atoms with van der Waals surface area (Å²) in [5, 5.41) is 8.54. The predicted molar refractivity (Wildman–Crippen MR) is 74.9 cm³/mol. The number of nitrogens with zero attached hydrogens (tertiary/aromatic N) is 1. The number of unbranched alkanes of at least 4 members (excludes halogenated alkanes) is 1. The number of amides is 1. The van der Waals surface area contributed by atoms with Crippen molar-refractivity contribution >= 4 is 11.9 Å². The maximum atomic E-state index is 12.0. The first-order chi connectivity index (χ1) is 9.03. The SMILES string of the molecule is CCC1(CC)CCN(C(=O)CCCCC(=O)O)CC1. The van der Waals surface area contributed by atoms with Crippen molar-refractivity contribution in [3.8, 4) is 0 Å². The van der Waals surface area contributed by atoms with Gasteiger partial charge in [-0.3, -0.25) is 9.59 Å². The molecule has 0 bridgehead atoms. The predicted octanol–water partition coefficient (Wildman–Crippen LogP) is 3.06. The van der Waals surface area contributed by atoms with Crippen LogP contribution in [0.1, 0.15) is 65.2 Å². The lowest BCUT2D eigenvalue weighted by Crippen LogP contribution is -2.42. The van der Waals surface area contributed by atoms with Gasteiger partial charge in [0.2, 0.25) is 5.91 Å². The molecule has 0 saturated carbocycles. The quantitative estimate of drug-likeness (QED) is 0.723. The molecule has 0 spiro atoms. The summed E-state index contributed by atoms with van der Waals surface area (Å²) in [7, 11) is 0. The summed E-state index contributed by atoms with van der Waals surface area (Å²) in [5.41, 5.74) is 0.445. The Kier molecular flexibility index (Phi) is 6.32. The van der Waals surface area contributed by atoms with Crippen molar-refractivity contribution in [3.05, 3.63) is 0 Å². The van der Waals surface area contributed by atoms with Gasteiger partial charge in [-0.25, -0.2) is 0 Å². The lowest BCUT2D eigenvalue weighted by molar-refractivity contribution is -0.138. The van der Waals surface area contributed by atoms with Crippen LogP contribution < -0.4 is 0 Å². The number of carboxylic acid groups (broad SMARTS) is 1. The van der Waals surface area contributed by atoms with Crippen LogP contribution in [-0.4, -0.2) is 35.0 Å². The molecule has 1 fully saturated rings. The summed E-state index contributed by atoms with van der Waals surface area (Å²) >= 11 is 0. The molecule has 19 heavy (non-hydrogen) atoms. The second-order valence-electron chi connectivity index (χ2n) is 5.69. The van der Waals surface area contributed by atoms with Crippen molar-refractivity contribution in [1.29, 1.82) is 0 Å². The first kappa shape index (κ1) is 16.0. The Labute approximate surface area is 116 Å². The van der Waals surface area contributed by atoms with Crippen LogP contribution >= 0.6 is 0 Å². The zero-order valence-electron chi connectivity index (χ0n) is 12.3. The molecule has 1 amide bonds. The van der Waals surface area contributed by atoms with Crippen LogP contribution in [0.15, 0.2) is 0 Å². The van der Waals surface area contributed by atoms with Crippen molar-refractivity contribution < 1.29 is 14.7 Å². The van der Waals surface area contributed by atoms with Gasteiger partial charge in [-0.15, -0.1) is 0 Å². The Hall–Kier alpha value is -1.06. The molecule has 1 heterocycles. The van der Waals surface area contributed by atoms with Crippen LogP contribution in [0, 0.1) is 5.41 Å². The van der Waals surface area contributed by atoms with Crippen LogP contribution in [0.3, 0.4) is 0 Å². The van der Waals surface area contributed by atoms with Crippen LogP contribution in [0.5, 0.6) is 0 Å². The fourth-order valence-electron chi connectivity index (χ4n) is 2.90. The fourth-order valence-corrected chi connectivity index (χ4v) is 2.90. The molecule has 0 aromatic rings. The van der Waals surface area contributed by atoms with Crippen molar-refractivity contribution in [2.24, 2.45) is 5.41 Å². The summed E-state index contributed by atoms with van der Waals surface area (Å²) in [4.78, 5) is 24.4. The molecule has 0 radical (unpaired) electrons.